The minimum absolute atomic E-state index is 0.0896. The molecular formula is C15H23N3O2. The molecule has 1 aliphatic rings. The van der Waals surface area contributed by atoms with Crippen LogP contribution < -0.4 is 10.1 Å². The molecule has 1 aromatic rings. The van der Waals surface area contributed by atoms with Crippen LogP contribution in [0.1, 0.15) is 29.7 Å². The summed E-state index contributed by atoms with van der Waals surface area (Å²) < 4.78 is 5.40. The van der Waals surface area contributed by atoms with Crippen LogP contribution in [0, 0.1) is 13.8 Å². The molecule has 1 heterocycles. The predicted molar refractivity (Wildman–Crippen MR) is 77.8 cm³/mol. The van der Waals surface area contributed by atoms with Crippen LogP contribution in [0.2, 0.25) is 0 Å². The molecule has 1 aliphatic carbocycles. The zero-order valence-corrected chi connectivity index (χ0v) is 12.7. The highest BCUT2D eigenvalue weighted by Crippen LogP contribution is 2.24. The Morgan fingerprint density at radius 2 is 2.20 bits per heavy atom. The molecular weight excluding hydrogens is 254 g/mol. The van der Waals surface area contributed by atoms with Crippen molar-refractivity contribution >= 4 is 5.91 Å². The van der Waals surface area contributed by atoms with Crippen molar-refractivity contribution in [1.29, 1.82) is 0 Å². The Labute approximate surface area is 120 Å². The minimum atomic E-state index is 0.0896. The van der Waals surface area contributed by atoms with Crippen molar-refractivity contribution in [2.75, 3.05) is 20.7 Å². The summed E-state index contributed by atoms with van der Waals surface area (Å²) >= 11 is 0. The first-order valence-electron chi connectivity index (χ1n) is 6.98. The van der Waals surface area contributed by atoms with Crippen molar-refractivity contribution in [2.45, 2.75) is 39.3 Å². The number of hydrogen-bond donors (Lipinski definition) is 1. The van der Waals surface area contributed by atoms with Gasteiger partial charge in [-0.1, -0.05) is 0 Å². The standard InChI is InChI=1S/C15H23N3O2/c1-10-7-16-13(11(2)15(10)20-4)8-18(3)9-14(19)17-12-5-6-12/h7,12H,5-6,8-9H2,1-4H3,(H,17,19). The van der Waals surface area contributed by atoms with E-state index in [4.69, 9.17) is 4.74 Å². The first kappa shape index (κ1) is 14.8. The lowest BCUT2D eigenvalue weighted by atomic mass is 10.1. The van der Waals surface area contributed by atoms with Crippen LogP contribution in [0.15, 0.2) is 6.20 Å². The highest BCUT2D eigenvalue weighted by atomic mass is 16.5. The van der Waals surface area contributed by atoms with E-state index in [-0.39, 0.29) is 5.91 Å². The molecule has 0 spiro atoms. The Balaban J connectivity index is 1.96. The van der Waals surface area contributed by atoms with E-state index in [0.717, 1.165) is 35.4 Å². The molecule has 2 rings (SSSR count). The number of likely N-dealkylation sites (N-methyl/N-ethyl adjacent to an activating group) is 1. The van der Waals surface area contributed by atoms with Gasteiger partial charge < -0.3 is 10.1 Å². The van der Waals surface area contributed by atoms with Crippen LogP contribution in [0.4, 0.5) is 0 Å². The van der Waals surface area contributed by atoms with Gasteiger partial charge in [0.05, 0.1) is 19.3 Å². The molecule has 0 atom stereocenters. The monoisotopic (exact) mass is 277 g/mol. The number of hydrogen-bond acceptors (Lipinski definition) is 4. The van der Waals surface area contributed by atoms with Crippen LogP contribution in [0.3, 0.4) is 0 Å². The number of nitrogens with zero attached hydrogens (tertiary/aromatic N) is 2. The molecule has 0 unspecified atom stereocenters. The lowest BCUT2D eigenvalue weighted by Gasteiger charge is -2.18. The van der Waals surface area contributed by atoms with Gasteiger partial charge in [-0.05, 0) is 33.7 Å². The van der Waals surface area contributed by atoms with Crippen molar-refractivity contribution in [3.05, 3.63) is 23.0 Å². The molecule has 0 aromatic carbocycles. The van der Waals surface area contributed by atoms with E-state index in [1.54, 1.807) is 7.11 Å². The van der Waals surface area contributed by atoms with Crippen molar-refractivity contribution in [2.24, 2.45) is 0 Å². The van der Waals surface area contributed by atoms with Gasteiger partial charge in [0.25, 0.3) is 0 Å². The number of aromatic nitrogens is 1. The third kappa shape index (κ3) is 3.70. The Kier molecular flexibility index (Phi) is 4.60. The van der Waals surface area contributed by atoms with Crippen LogP contribution in [-0.4, -0.2) is 42.5 Å². The molecule has 1 fully saturated rings. The molecule has 0 bridgehead atoms. The van der Waals surface area contributed by atoms with E-state index >= 15 is 0 Å². The molecule has 110 valence electrons. The number of rotatable bonds is 6. The molecule has 0 saturated heterocycles. The lowest BCUT2D eigenvalue weighted by Crippen LogP contribution is -2.36. The first-order valence-corrected chi connectivity index (χ1v) is 6.98. The molecule has 1 amide bonds. The summed E-state index contributed by atoms with van der Waals surface area (Å²) in [5.74, 6) is 0.970. The smallest absolute Gasteiger partial charge is 0.234 e. The van der Waals surface area contributed by atoms with E-state index in [1.807, 2.05) is 32.0 Å². The Bertz CT molecular complexity index is 498. The highest BCUT2D eigenvalue weighted by molar-refractivity contribution is 5.78. The lowest BCUT2D eigenvalue weighted by molar-refractivity contribution is -0.122. The normalized spacial score (nSPS) is 14.4. The summed E-state index contributed by atoms with van der Waals surface area (Å²) in [4.78, 5) is 18.2. The van der Waals surface area contributed by atoms with E-state index in [0.29, 0.717) is 19.1 Å². The van der Waals surface area contributed by atoms with Gasteiger partial charge in [-0.2, -0.15) is 0 Å². The molecule has 1 aromatic heterocycles. The topological polar surface area (TPSA) is 54.5 Å². The first-order chi connectivity index (χ1) is 9.51. The number of nitrogens with one attached hydrogen (secondary N) is 1. The van der Waals surface area contributed by atoms with Crippen molar-refractivity contribution in [3.8, 4) is 5.75 Å². The van der Waals surface area contributed by atoms with Crippen LogP contribution in [0.5, 0.6) is 5.75 Å². The maximum absolute atomic E-state index is 11.8. The van der Waals surface area contributed by atoms with Gasteiger partial charge in [-0.25, -0.2) is 0 Å². The average molecular weight is 277 g/mol. The second-order valence-electron chi connectivity index (χ2n) is 5.56. The number of amides is 1. The third-order valence-corrected chi connectivity index (χ3v) is 3.53. The fourth-order valence-electron chi connectivity index (χ4n) is 2.29. The number of carbonyl (C=O) groups is 1. The van der Waals surface area contributed by atoms with Gasteiger partial charge >= 0.3 is 0 Å². The maximum Gasteiger partial charge on any atom is 0.234 e. The Morgan fingerprint density at radius 1 is 1.50 bits per heavy atom. The summed E-state index contributed by atoms with van der Waals surface area (Å²) in [5, 5.41) is 2.99. The van der Waals surface area contributed by atoms with Gasteiger partial charge in [0.2, 0.25) is 5.91 Å². The van der Waals surface area contributed by atoms with E-state index < -0.39 is 0 Å². The number of carbonyl (C=O) groups excluding carboxylic acids is 1. The summed E-state index contributed by atoms with van der Waals surface area (Å²) in [5.41, 5.74) is 3.03. The molecule has 1 N–H and O–H groups in total. The average Bonchev–Trinajstić information content (AvgIpc) is 3.17. The molecule has 5 nitrogen and oxygen atoms in total. The van der Waals surface area contributed by atoms with Crippen LogP contribution in [0.25, 0.3) is 0 Å². The second-order valence-corrected chi connectivity index (χ2v) is 5.56. The largest absolute Gasteiger partial charge is 0.496 e. The molecule has 1 saturated carbocycles. The quantitative estimate of drug-likeness (QED) is 0.854. The summed E-state index contributed by atoms with van der Waals surface area (Å²) in [7, 11) is 3.60. The summed E-state index contributed by atoms with van der Waals surface area (Å²) in [6.45, 7) is 5.02. The highest BCUT2D eigenvalue weighted by Gasteiger charge is 2.23. The van der Waals surface area contributed by atoms with Gasteiger partial charge in [0.1, 0.15) is 5.75 Å². The summed E-state index contributed by atoms with van der Waals surface area (Å²) in [6, 6.07) is 0.412. The van der Waals surface area contributed by atoms with Crippen LogP contribution in [-0.2, 0) is 11.3 Å². The van der Waals surface area contributed by atoms with Crippen molar-refractivity contribution in [3.63, 3.8) is 0 Å². The SMILES string of the molecule is COc1c(C)cnc(CN(C)CC(=O)NC2CC2)c1C. The number of pyridine rings is 1. The zero-order valence-electron chi connectivity index (χ0n) is 12.7. The number of aryl methyl sites for hydroxylation is 1. The number of ether oxygens (including phenoxy) is 1. The van der Waals surface area contributed by atoms with Gasteiger partial charge in [0.15, 0.2) is 0 Å². The fraction of sp³-hybridized carbons (Fsp3) is 0.600. The maximum atomic E-state index is 11.8. The van der Waals surface area contributed by atoms with E-state index in [1.165, 1.54) is 0 Å². The van der Waals surface area contributed by atoms with Gasteiger partial charge in [-0.15, -0.1) is 0 Å². The molecule has 0 aliphatic heterocycles. The van der Waals surface area contributed by atoms with Gasteiger partial charge in [0, 0.05) is 29.9 Å². The van der Waals surface area contributed by atoms with Crippen LogP contribution >= 0.6 is 0 Å². The predicted octanol–water partition coefficient (Wildman–Crippen LogP) is 1.42. The fourth-order valence-corrected chi connectivity index (χ4v) is 2.29. The van der Waals surface area contributed by atoms with E-state index in [9.17, 15) is 4.79 Å². The zero-order chi connectivity index (χ0) is 14.7. The number of methoxy groups -OCH3 is 1. The van der Waals surface area contributed by atoms with E-state index in [2.05, 4.69) is 10.3 Å². The second kappa shape index (κ2) is 6.22. The van der Waals surface area contributed by atoms with Crippen molar-refractivity contribution < 1.29 is 9.53 Å². The Hall–Kier alpha value is -1.62. The minimum Gasteiger partial charge on any atom is -0.496 e. The molecule has 20 heavy (non-hydrogen) atoms. The third-order valence-electron chi connectivity index (χ3n) is 3.53. The Morgan fingerprint density at radius 3 is 2.80 bits per heavy atom. The van der Waals surface area contributed by atoms with Gasteiger partial charge in [-0.3, -0.25) is 14.7 Å². The van der Waals surface area contributed by atoms with Crippen molar-refractivity contribution in [1.82, 2.24) is 15.2 Å². The molecule has 0 radical (unpaired) electrons. The summed E-state index contributed by atoms with van der Waals surface area (Å²) in [6.07, 6.45) is 4.05. The molecule has 5 heteroatoms.